The quantitative estimate of drug-likeness (QED) is 0.591. The molecule has 0 fully saturated rings. The van der Waals surface area contributed by atoms with Gasteiger partial charge in [0.2, 0.25) is 0 Å². The van der Waals surface area contributed by atoms with Crippen LogP contribution in [0.15, 0.2) is 36.4 Å². The van der Waals surface area contributed by atoms with Crippen molar-refractivity contribution in [3.05, 3.63) is 47.0 Å². The molecule has 0 aromatic heterocycles. The van der Waals surface area contributed by atoms with Crippen molar-refractivity contribution < 1.29 is 23.8 Å². The van der Waals surface area contributed by atoms with Crippen LogP contribution in [-0.2, 0) is 9.53 Å². The number of hydrogen-bond acceptors (Lipinski definition) is 6. The van der Waals surface area contributed by atoms with E-state index >= 15 is 0 Å². The fourth-order valence-electron chi connectivity index (χ4n) is 2.08. The van der Waals surface area contributed by atoms with Gasteiger partial charge in [0, 0.05) is 23.9 Å². The zero-order valence-electron chi connectivity index (χ0n) is 14.5. The van der Waals surface area contributed by atoms with Gasteiger partial charge in [-0.05, 0) is 25.1 Å². The van der Waals surface area contributed by atoms with Crippen LogP contribution in [0.1, 0.15) is 17.3 Å². The maximum atomic E-state index is 12.3. The average Bonchev–Trinajstić information content (AvgIpc) is 2.63. The summed E-state index contributed by atoms with van der Waals surface area (Å²) in [5, 5.41) is 2.98. The number of nitrogens with two attached hydrogens (primary N) is 1. The molecule has 0 heterocycles. The number of nitrogens with one attached hydrogen (secondary N) is 1. The second kappa shape index (κ2) is 8.44. The summed E-state index contributed by atoms with van der Waals surface area (Å²) < 4.78 is 15.5. The molecular formula is C18H19ClN2O5. The Morgan fingerprint density at radius 2 is 1.69 bits per heavy atom. The van der Waals surface area contributed by atoms with E-state index in [1.165, 1.54) is 39.3 Å². The molecule has 0 radical (unpaired) electrons. The molecule has 26 heavy (non-hydrogen) atoms. The fraction of sp³-hybridized carbons (Fsp3) is 0.222. The first kappa shape index (κ1) is 19.4. The molecule has 1 atom stereocenters. The van der Waals surface area contributed by atoms with Gasteiger partial charge in [-0.15, -0.1) is 0 Å². The largest absolute Gasteiger partial charge is 0.497 e. The summed E-state index contributed by atoms with van der Waals surface area (Å²) in [4.78, 5) is 24.4. The van der Waals surface area contributed by atoms with Crippen LogP contribution in [0.2, 0.25) is 5.02 Å². The standard InChI is InChI=1S/C18H19ClN2O5/c1-10(26-18(23)11-4-5-15(19)16(20)6-11)17(22)21-12-7-13(24-2)9-14(8-12)25-3/h4-10H,20H2,1-3H3,(H,21,22). The van der Waals surface area contributed by atoms with Crippen LogP contribution in [0.25, 0.3) is 0 Å². The molecular weight excluding hydrogens is 360 g/mol. The Labute approximate surface area is 156 Å². The highest BCUT2D eigenvalue weighted by atomic mass is 35.5. The van der Waals surface area contributed by atoms with E-state index < -0.39 is 18.0 Å². The Kier molecular flexibility index (Phi) is 6.30. The number of nitrogen functional groups attached to an aromatic ring is 1. The Balaban J connectivity index is 2.05. The van der Waals surface area contributed by atoms with Crippen molar-refractivity contribution in [2.24, 2.45) is 0 Å². The van der Waals surface area contributed by atoms with Crippen molar-refractivity contribution in [1.82, 2.24) is 0 Å². The molecule has 0 saturated heterocycles. The van der Waals surface area contributed by atoms with Gasteiger partial charge in [0.1, 0.15) is 11.5 Å². The van der Waals surface area contributed by atoms with E-state index in [-0.39, 0.29) is 11.3 Å². The van der Waals surface area contributed by atoms with E-state index in [0.29, 0.717) is 22.2 Å². The first-order valence-electron chi connectivity index (χ1n) is 7.64. The van der Waals surface area contributed by atoms with Gasteiger partial charge >= 0.3 is 5.97 Å². The minimum absolute atomic E-state index is 0.203. The van der Waals surface area contributed by atoms with Crippen LogP contribution in [0, 0.1) is 0 Å². The minimum Gasteiger partial charge on any atom is -0.497 e. The van der Waals surface area contributed by atoms with E-state index in [9.17, 15) is 9.59 Å². The molecule has 0 spiro atoms. The third-order valence-corrected chi connectivity index (χ3v) is 3.85. The summed E-state index contributed by atoms with van der Waals surface area (Å²) in [6.07, 6.45) is -1.03. The van der Waals surface area contributed by atoms with Crippen LogP contribution in [0.5, 0.6) is 11.5 Å². The second-order valence-electron chi connectivity index (χ2n) is 5.37. The highest BCUT2D eigenvalue weighted by molar-refractivity contribution is 6.33. The second-order valence-corrected chi connectivity index (χ2v) is 5.78. The molecule has 3 N–H and O–H groups in total. The first-order chi connectivity index (χ1) is 12.3. The molecule has 0 bridgehead atoms. The van der Waals surface area contributed by atoms with E-state index in [1.54, 1.807) is 18.2 Å². The van der Waals surface area contributed by atoms with Gasteiger partial charge in [-0.2, -0.15) is 0 Å². The first-order valence-corrected chi connectivity index (χ1v) is 8.01. The molecule has 2 aromatic carbocycles. The number of esters is 1. The third kappa shape index (κ3) is 4.80. The zero-order chi connectivity index (χ0) is 19.3. The number of carbonyl (C=O) groups is 2. The fourth-order valence-corrected chi connectivity index (χ4v) is 2.19. The van der Waals surface area contributed by atoms with Crippen molar-refractivity contribution >= 4 is 34.9 Å². The number of rotatable bonds is 6. The third-order valence-electron chi connectivity index (χ3n) is 3.50. The van der Waals surface area contributed by atoms with Crippen LogP contribution >= 0.6 is 11.6 Å². The summed E-state index contributed by atoms with van der Waals surface area (Å²) in [5.74, 6) is -0.156. The van der Waals surface area contributed by atoms with E-state index in [0.717, 1.165) is 0 Å². The average molecular weight is 379 g/mol. The molecule has 1 amide bonds. The lowest BCUT2D eigenvalue weighted by Gasteiger charge is -2.15. The number of ether oxygens (including phenoxy) is 3. The van der Waals surface area contributed by atoms with Crippen LogP contribution in [0.4, 0.5) is 11.4 Å². The number of hydrogen-bond donors (Lipinski definition) is 2. The maximum absolute atomic E-state index is 12.3. The van der Waals surface area contributed by atoms with Crippen LogP contribution in [-0.4, -0.2) is 32.2 Å². The number of amides is 1. The number of anilines is 2. The molecule has 0 aliphatic carbocycles. The van der Waals surface area contributed by atoms with Gasteiger partial charge in [-0.3, -0.25) is 4.79 Å². The summed E-state index contributed by atoms with van der Waals surface area (Å²) in [5.41, 5.74) is 6.57. The van der Waals surface area contributed by atoms with Crippen molar-refractivity contribution in [2.75, 3.05) is 25.3 Å². The Morgan fingerprint density at radius 1 is 1.08 bits per heavy atom. The minimum atomic E-state index is -1.03. The predicted molar refractivity (Wildman–Crippen MR) is 98.9 cm³/mol. The lowest BCUT2D eigenvalue weighted by molar-refractivity contribution is -0.123. The van der Waals surface area contributed by atoms with E-state index in [1.807, 2.05) is 0 Å². The summed E-state index contributed by atoms with van der Waals surface area (Å²) in [6.45, 7) is 1.46. The van der Waals surface area contributed by atoms with Gasteiger partial charge in [-0.25, -0.2) is 4.79 Å². The maximum Gasteiger partial charge on any atom is 0.338 e. The number of halogens is 1. The van der Waals surface area contributed by atoms with Gasteiger partial charge in [-0.1, -0.05) is 11.6 Å². The molecule has 1 unspecified atom stereocenters. The van der Waals surface area contributed by atoms with E-state index in [2.05, 4.69) is 5.32 Å². The molecule has 2 rings (SSSR count). The normalized spacial score (nSPS) is 11.4. The Morgan fingerprint density at radius 3 is 2.23 bits per heavy atom. The van der Waals surface area contributed by atoms with Gasteiger partial charge in [0.25, 0.3) is 5.91 Å². The smallest absolute Gasteiger partial charge is 0.338 e. The molecule has 2 aromatic rings. The Bertz CT molecular complexity index is 803. The van der Waals surface area contributed by atoms with Crippen LogP contribution < -0.4 is 20.5 Å². The van der Waals surface area contributed by atoms with Gasteiger partial charge in [0.05, 0.1) is 30.5 Å². The lowest BCUT2D eigenvalue weighted by atomic mass is 10.2. The van der Waals surface area contributed by atoms with Crippen molar-refractivity contribution in [1.29, 1.82) is 0 Å². The molecule has 7 nitrogen and oxygen atoms in total. The van der Waals surface area contributed by atoms with Crippen molar-refractivity contribution in [2.45, 2.75) is 13.0 Å². The Hall–Kier alpha value is -2.93. The monoisotopic (exact) mass is 378 g/mol. The van der Waals surface area contributed by atoms with Crippen LogP contribution in [0.3, 0.4) is 0 Å². The summed E-state index contributed by atoms with van der Waals surface area (Å²) in [7, 11) is 3.01. The highest BCUT2D eigenvalue weighted by Gasteiger charge is 2.20. The number of benzene rings is 2. The van der Waals surface area contributed by atoms with Crippen molar-refractivity contribution in [3.8, 4) is 11.5 Å². The summed E-state index contributed by atoms with van der Waals surface area (Å²) >= 11 is 5.82. The summed E-state index contributed by atoms with van der Waals surface area (Å²) in [6, 6.07) is 9.26. The molecule has 8 heteroatoms. The highest BCUT2D eigenvalue weighted by Crippen LogP contribution is 2.26. The topological polar surface area (TPSA) is 99.9 Å². The van der Waals surface area contributed by atoms with E-state index in [4.69, 9.17) is 31.5 Å². The molecule has 0 saturated carbocycles. The number of carbonyl (C=O) groups excluding carboxylic acids is 2. The molecule has 138 valence electrons. The predicted octanol–water partition coefficient (Wildman–Crippen LogP) is 3.12. The number of methoxy groups -OCH3 is 2. The molecule has 0 aliphatic heterocycles. The van der Waals surface area contributed by atoms with Gasteiger partial charge < -0.3 is 25.3 Å². The SMILES string of the molecule is COc1cc(NC(=O)C(C)OC(=O)c2ccc(Cl)c(N)c2)cc(OC)c1. The van der Waals surface area contributed by atoms with Crippen molar-refractivity contribution in [3.63, 3.8) is 0 Å². The molecule has 0 aliphatic rings. The zero-order valence-corrected chi connectivity index (χ0v) is 15.3. The lowest BCUT2D eigenvalue weighted by Crippen LogP contribution is -2.30. The van der Waals surface area contributed by atoms with Gasteiger partial charge in [0.15, 0.2) is 6.10 Å².